The predicted octanol–water partition coefficient (Wildman–Crippen LogP) is 2.10. The fraction of sp³-hybridized carbons (Fsp3) is 0.250. The molecule has 0 spiro atoms. The third kappa shape index (κ3) is 2.83. The molecule has 0 nitrogen and oxygen atoms in total. The van der Waals surface area contributed by atoms with Crippen LogP contribution in [0.15, 0.2) is 18.2 Å². The number of benzene rings is 1. The van der Waals surface area contributed by atoms with Crippen molar-refractivity contribution in [2.75, 3.05) is 0 Å². The molecule has 0 fully saturated rings. The van der Waals surface area contributed by atoms with E-state index in [9.17, 15) is 0 Å². The SMILES string of the molecule is Cc1c[c-]cc(C)c1.[Ti]. The molecular weight excluding hydrogens is 144 g/mol. The second-order valence-electron chi connectivity index (χ2n) is 2.09. The summed E-state index contributed by atoms with van der Waals surface area (Å²) in [6, 6.07) is 9.12. The van der Waals surface area contributed by atoms with Gasteiger partial charge in [-0.1, -0.05) is 13.8 Å². The van der Waals surface area contributed by atoms with E-state index in [0.717, 1.165) is 0 Å². The van der Waals surface area contributed by atoms with E-state index in [4.69, 9.17) is 0 Å². The molecule has 0 amide bonds. The second-order valence-corrected chi connectivity index (χ2v) is 2.09. The van der Waals surface area contributed by atoms with Gasteiger partial charge in [-0.05, 0) is 0 Å². The van der Waals surface area contributed by atoms with Crippen LogP contribution in [0.5, 0.6) is 0 Å². The average molecular weight is 153 g/mol. The van der Waals surface area contributed by atoms with E-state index in [1.54, 1.807) is 0 Å². The predicted molar refractivity (Wildman–Crippen MR) is 34.8 cm³/mol. The van der Waals surface area contributed by atoms with Gasteiger partial charge in [0.15, 0.2) is 0 Å². The molecule has 0 saturated heterocycles. The summed E-state index contributed by atoms with van der Waals surface area (Å²) in [6.45, 7) is 4.15. The summed E-state index contributed by atoms with van der Waals surface area (Å²) in [7, 11) is 0. The van der Waals surface area contributed by atoms with Crippen LogP contribution in [0.2, 0.25) is 0 Å². The van der Waals surface area contributed by atoms with Crippen LogP contribution in [-0.2, 0) is 21.7 Å². The Morgan fingerprint density at radius 1 is 1.11 bits per heavy atom. The quantitative estimate of drug-likeness (QED) is 0.395. The molecule has 1 rings (SSSR count). The summed E-state index contributed by atoms with van der Waals surface area (Å²) in [5, 5.41) is 0. The molecule has 0 aliphatic rings. The Balaban J connectivity index is 0.000000640. The third-order valence-electron chi connectivity index (χ3n) is 1.08. The van der Waals surface area contributed by atoms with Gasteiger partial charge in [-0.25, -0.2) is 0 Å². The van der Waals surface area contributed by atoms with Gasteiger partial charge < -0.3 is 0 Å². The van der Waals surface area contributed by atoms with Gasteiger partial charge in [-0.3, -0.25) is 0 Å². The first kappa shape index (κ1) is 8.93. The number of rotatable bonds is 0. The molecule has 1 aromatic carbocycles. The zero-order chi connectivity index (χ0) is 5.98. The second kappa shape index (κ2) is 3.87. The summed E-state index contributed by atoms with van der Waals surface area (Å²) in [4.78, 5) is 0. The average Bonchev–Trinajstić information content (AvgIpc) is 1.64. The Bertz CT molecular complexity index is 164. The van der Waals surface area contributed by atoms with Crippen LogP contribution >= 0.6 is 0 Å². The molecular formula is C8H9Ti-. The van der Waals surface area contributed by atoms with Crippen molar-refractivity contribution in [2.24, 2.45) is 0 Å². The van der Waals surface area contributed by atoms with Crippen molar-refractivity contribution in [3.05, 3.63) is 35.4 Å². The van der Waals surface area contributed by atoms with Gasteiger partial charge in [0.1, 0.15) is 0 Å². The molecule has 0 unspecified atom stereocenters. The summed E-state index contributed by atoms with van der Waals surface area (Å²) in [5.74, 6) is 0. The maximum absolute atomic E-state index is 3.03. The van der Waals surface area contributed by atoms with Crippen molar-refractivity contribution >= 4 is 0 Å². The summed E-state index contributed by atoms with van der Waals surface area (Å²) < 4.78 is 0. The monoisotopic (exact) mass is 153 g/mol. The Labute approximate surface area is 71.2 Å². The van der Waals surface area contributed by atoms with E-state index in [2.05, 4.69) is 26.0 Å². The Morgan fingerprint density at radius 3 is 1.78 bits per heavy atom. The molecule has 0 bridgehead atoms. The molecule has 46 valence electrons. The smallest absolute Gasteiger partial charge is 0 e. The molecule has 0 aromatic heterocycles. The van der Waals surface area contributed by atoms with Crippen molar-refractivity contribution in [3.63, 3.8) is 0 Å². The van der Waals surface area contributed by atoms with E-state index in [1.807, 2.05) is 12.1 Å². The third-order valence-corrected chi connectivity index (χ3v) is 1.08. The van der Waals surface area contributed by atoms with Gasteiger partial charge in [-0.2, -0.15) is 35.4 Å². The number of hydrogen-bond acceptors (Lipinski definition) is 0. The molecule has 1 aromatic rings. The molecule has 1 heteroatoms. The first-order chi connectivity index (χ1) is 3.79. The summed E-state index contributed by atoms with van der Waals surface area (Å²) in [5.41, 5.74) is 2.56. The van der Waals surface area contributed by atoms with Crippen LogP contribution in [0, 0.1) is 19.9 Å². The molecule has 0 radical (unpaired) electrons. The molecule has 0 N–H and O–H groups in total. The van der Waals surface area contributed by atoms with Gasteiger partial charge in [0.2, 0.25) is 0 Å². The van der Waals surface area contributed by atoms with Crippen molar-refractivity contribution < 1.29 is 21.7 Å². The van der Waals surface area contributed by atoms with Gasteiger partial charge in [-0.15, -0.1) is 0 Å². The minimum Gasteiger partial charge on any atom is -0.183 e. The topological polar surface area (TPSA) is 0 Å². The largest absolute Gasteiger partial charge is 0.183 e. The first-order valence-corrected chi connectivity index (χ1v) is 2.73. The van der Waals surface area contributed by atoms with Crippen LogP contribution < -0.4 is 0 Å². The number of hydrogen-bond donors (Lipinski definition) is 0. The van der Waals surface area contributed by atoms with E-state index in [1.165, 1.54) is 11.1 Å². The van der Waals surface area contributed by atoms with Gasteiger partial charge in [0.05, 0.1) is 0 Å². The summed E-state index contributed by atoms with van der Waals surface area (Å²) in [6.07, 6.45) is 0. The van der Waals surface area contributed by atoms with Crippen LogP contribution in [0.3, 0.4) is 0 Å². The van der Waals surface area contributed by atoms with E-state index < -0.39 is 0 Å². The minimum absolute atomic E-state index is 0. The minimum atomic E-state index is 0. The molecule has 9 heavy (non-hydrogen) atoms. The Morgan fingerprint density at radius 2 is 1.56 bits per heavy atom. The van der Waals surface area contributed by atoms with Gasteiger partial charge >= 0.3 is 0 Å². The molecule has 0 heterocycles. The normalized spacial score (nSPS) is 8.22. The van der Waals surface area contributed by atoms with Gasteiger partial charge in [0.25, 0.3) is 0 Å². The van der Waals surface area contributed by atoms with E-state index in [-0.39, 0.29) is 21.7 Å². The zero-order valence-electron chi connectivity index (χ0n) is 5.73. The first-order valence-electron chi connectivity index (χ1n) is 2.73. The zero-order valence-corrected chi connectivity index (χ0v) is 7.29. The number of aryl methyl sites for hydroxylation is 2. The molecule has 0 aliphatic carbocycles. The van der Waals surface area contributed by atoms with Crippen molar-refractivity contribution in [2.45, 2.75) is 13.8 Å². The Kier molecular flexibility index (Phi) is 3.84. The van der Waals surface area contributed by atoms with E-state index in [0.29, 0.717) is 0 Å². The molecule has 0 saturated carbocycles. The van der Waals surface area contributed by atoms with Crippen LogP contribution in [0.1, 0.15) is 11.1 Å². The molecule has 0 atom stereocenters. The maximum atomic E-state index is 3.03. The van der Waals surface area contributed by atoms with Crippen molar-refractivity contribution in [3.8, 4) is 0 Å². The van der Waals surface area contributed by atoms with Gasteiger partial charge in [0, 0.05) is 21.7 Å². The van der Waals surface area contributed by atoms with Crippen LogP contribution in [0.4, 0.5) is 0 Å². The summed E-state index contributed by atoms with van der Waals surface area (Å²) >= 11 is 0. The Hall–Kier alpha value is -0.0657. The molecule has 0 aliphatic heterocycles. The van der Waals surface area contributed by atoms with Crippen molar-refractivity contribution in [1.29, 1.82) is 0 Å². The van der Waals surface area contributed by atoms with Crippen LogP contribution in [-0.4, -0.2) is 0 Å². The fourth-order valence-electron chi connectivity index (χ4n) is 0.747. The van der Waals surface area contributed by atoms with E-state index >= 15 is 0 Å². The standard InChI is InChI=1S/C8H9.Ti/c1-7-4-3-5-8(2)6-7;/h4-6H,1-2H3;/q-1;. The van der Waals surface area contributed by atoms with Crippen molar-refractivity contribution in [1.82, 2.24) is 0 Å². The maximum Gasteiger partial charge on any atom is 0 e. The van der Waals surface area contributed by atoms with Crippen LogP contribution in [0.25, 0.3) is 0 Å². The fourth-order valence-corrected chi connectivity index (χ4v) is 0.747.